The molecule has 25 heavy (non-hydrogen) atoms. The standard InChI is InChI=1S/C16H15N3O5S/c1-23-14-4-3-11(16(20)24-2)9-15(14)25(21,22)18-12-6-8-19-13(10-12)5-7-17-19/h3-10,18H,1-2H3. The molecule has 0 aliphatic carbocycles. The summed E-state index contributed by atoms with van der Waals surface area (Å²) in [4.78, 5) is 11.5. The Balaban J connectivity index is 2.01. The summed E-state index contributed by atoms with van der Waals surface area (Å²) in [6.45, 7) is 0. The number of sulfonamides is 1. The first-order valence-electron chi connectivity index (χ1n) is 7.17. The van der Waals surface area contributed by atoms with Gasteiger partial charge in [-0.2, -0.15) is 5.10 Å². The smallest absolute Gasteiger partial charge is 0.337 e. The third kappa shape index (κ3) is 3.26. The van der Waals surface area contributed by atoms with Gasteiger partial charge in [0.05, 0.1) is 31.0 Å². The molecule has 130 valence electrons. The zero-order valence-corrected chi connectivity index (χ0v) is 14.3. The van der Waals surface area contributed by atoms with E-state index in [1.165, 1.54) is 32.4 Å². The van der Waals surface area contributed by atoms with Crippen molar-refractivity contribution in [3.05, 3.63) is 54.4 Å². The highest BCUT2D eigenvalue weighted by Crippen LogP contribution is 2.27. The van der Waals surface area contributed by atoms with Crippen molar-refractivity contribution in [3.63, 3.8) is 0 Å². The highest BCUT2D eigenvalue weighted by molar-refractivity contribution is 7.92. The lowest BCUT2D eigenvalue weighted by molar-refractivity contribution is 0.0600. The SMILES string of the molecule is COC(=O)c1ccc(OC)c(S(=O)(=O)Nc2ccn3nccc3c2)c1. The number of nitrogens with one attached hydrogen (secondary N) is 1. The predicted octanol–water partition coefficient (Wildman–Crippen LogP) is 1.93. The van der Waals surface area contributed by atoms with Crippen molar-refractivity contribution in [1.29, 1.82) is 0 Å². The van der Waals surface area contributed by atoms with Crippen LogP contribution in [0.1, 0.15) is 10.4 Å². The van der Waals surface area contributed by atoms with Gasteiger partial charge in [0.1, 0.15) is 10.6 Å². The molecule has 0 aliphatic heterocycles. The normalized spacial score (nSPS) is 11.3. The second-order valence-corrected chi connectivity index (χ2v) is 6.73. The summed E-state index contributed by atoms with van der Waals surface area (Å²) in [6, 6.07) is 9.01. The molecular weight excluding hydrogens is 346 g/mol. The van der Waals surface area contributed by atoms with Crippen LogP contribution in [0.5, 0.6) is 5.75 Å². The van der Waals surface area contributed by atoms with Crippen LogP contribution < -0.4 is 9.46 Å². The molecule has 3 rings (SSSR count). The van der Waals surface area contributed by atoms with Gasteiger partial charge in [-0.25, -0.2) is 17.7 Å². The molecule has 9 heteroatoms. The highest BCUT2D eigenvalue weighted by Gasteiger charge is 2.22. The van der Waals surface area contributed by atoms with Crippen molar-refractivity contribution >= 4 is 27.2 Å². The van der Waals surface area contributed by atoms with Crippen molar-refractivity contribution in [2.75, 3.05) is 18.9 Å². The van der Waals surface area contributed by atoms with Gasteiger partial charge in [-0.15, -0.1) is 0 Å². The number of hydrogen-bond acceptors (Lipinski definition) is 6. The summed E-state index contributed by atoms with van der Waals surface area (Å²) in [5, 5.41) is 4.05. The second kappa shape index (κ2) is 6.44. The topological polar surface area (TPSA) is 99.0 Å². The molecule has 0 saturated carbocycles. The molecule has 0 aliphatic rings. The Labute approximate surface area is 144 Å². The van der Waals surface area contributed by atoms with E-state index in [0.717, 1.165) is 5.52 Å². The van der Waals surface area contributed by atoms with Gasteiger partial charge in [0.2, 0.25) is 0 Å². The third-order valence-electron chi connectivity index (χ3n) is 3.53. The predicted molar refractivity (Wildman–Crippen MR) is 90.3 cm³/mol. The van der Waals surface area contributed by atoms with Gasteiger partial charge in [0.25, 0.3) is 10.0 Å². The number of ether oxygens (including phenoxy) is 2. The number of methoxy groups -OCH3 is 2. The lowest BCUT2D eigenvalue weighted by atomic mass is 10.2. The quantitative estimate of drug-likeness (QED) is 0.697. The Kier molecular flexibility index (Phi) is 4.32. The maximum atomic E-state index is 12.8. The van der Waals surface area contributed by atoms with Crippen molar-refractivity contribution < 1.29 is 22.7 Å². The van der Waals surface area contributed by atoms with Crippen LogP contribution in [0.4, 0.5) is 5.69 Å². The van der Waals surface area contributed by atoms with Crippen LogP contribution in [0.3, 0.4) is 0 Å². The van der Waals surface area contributed by atoms with Gasteiger partial charge < -0.3 is 9.47 Å². The first-order chi connectivity index (χ1) is 11.9. The molecule has 2 heterocycles. The van der Waals surface area contributed by atoms with E-state index in [2.05, 4.69) is 14.6 Å². The summed E-state index contributed by atoms with van der Waals surface area (Å²) in [7, 11) is -1.41. The minimum absolute atomic E-state index is 0.106. The lowest BCUT2D eigenvalue weighted by Crippen LogP contribution is -2.15. The van der Waals surface area contributed by atoms with E-state index in [-0.39, 0.29) is 16.2 Å². The van der Waals surface area contributed by atoms with Crippen LogP contribution in [-0.4, -0.2) is 38.2 Å². The van der Waals surface area contributed by atoms with E-state index in [4.69, 9.17) is 4.74 Å². The fraction of sp³-hybridized carbons (Fsp3) is 0.125. The Bertz CT molecular complexity index is 1040. The van der Waals surface area contributed by atoms with Gasteiger partial charge in [0, 0.05) is 12.4 Å². The fourth-order valence-corrected chi connectivity index (χ4v) is 3.57. The van der Waals surface area contributed by atoms with E-state index >= 15 is 0 Å². The molecule has 3 aromatic rings. The number of hydrogen-bond donors (Lipinski definition) is 1. The molecule has 0 unspecified atom stereocenters. The second-order valence-electron chi connectivity index (χ2n) is 5.08. The van der Waals surface area contributed by atoms with E-state index in [0.29, 0.717) is 5.69 Å². The number of rotatable bonds is 5. The molecule has 1 aromatic carbocycles. The molecular formula is C16H15N3O5S. The van der Waals surface area contributed by atoms with Crippen LogP contribution in [0.2, 0.25) is 0 Å². The zero-order chi connectivity index (χ0) is 18.0. The number of anilines is 1. The molecule has 1 N–H and O–H groups in total. The van der Waals surface area contributed by atoms with Crippen LogP contribution in [-0.2, 0) is 14.8 Å². The summed E-state index contributed by atoms with van der Waals surface area (Å²) in [5.41, 5.74) is 1.20. The van der Waals surface area contributed by atoms with Gasteiger partial charge in [-0.1, -0.05) is 0 Å². The number of nitrogens with zero attached hydrogens (tertiary/aromatic N) is 2. The van der Waals surface area contributed by atoms with Crippen molar-refractivity contribution in [3.8, 4) is 5.75 Å². The Morgan fingerprint density at radius 1 is 1.16 bits per heavy atom. The average Bonchev–Trinajstić information content (AvgIpc) is 3.07. The third-order valence-corrected chi connectivity index (χ3v) is 4.93. The monoisotopic (exact) mass is 361 g/mol. The number of carbonyl (C=O) groups is 1. The van der Waals surface area contributed by atoms with E-state index in [9.17, 15) is 13.2 Å². The summed E-state index contributed by atoms with van der Waals surface area (Å²) < 4.78 is 39.3. The molecule has 2 aromatic heterocycles. The molecule has 8 nitrogen and oxygen atoms in total. The maximum Gasteiger partial charge on any atom is 0.337 e. The maximum absolute atomic E-state index is 12.8. The van der Waals surface area contributed by atoms with Crippen molar-refractivity contribution in [1.82, 2.24) is 9.61 Å². The number of carbonyl (C=O) groups excluding carboxylic acids is 1. The molecule has 0 amide bonds. The van der Waals surface area contributed by atoms with Gasteiger partial charge in [-0.05, 0) is 36.4 Å². The minimum Gasteiger partial charge on any atom is -0.495 e. The summed E-state index contributed by atoms with van der Waals surface area (Å²) in [5.74, 6) is -0.523. The average molecular weight is 361 g/mol. The van der Waals surface area contributed by atoms with Gasteiger partial charge >= 0.3 is 5.97 Å². The molecule has 0 spiro atoms. The molecule has 0 fully saturated rings. The van der Waals surface area contributed by atoms with Crippen LogP contribution in [0.25, 0.3) is 5.52 Å². The lowest BCUT2D eigenvalue weighted by Gasteiger charge is -2.13. The fourth-order valence-electron chi connectivity index (χ4n) is 2.33. The number of fused-ring (bicyclic) bond motifs is 1. The molecule has 0 bridgehead atoms. The van der Waals surface area contributed by atoms with Gasteiger partial charge in [-0.3, -0.25) is 4.72 Å². The van der Waals surface area contributed by atoms with Crippen LogP contribution in [0, 0.1) is 0 Å². The van der Waals surface area contributed by atoms with Crippen molar-refractivity contribution in [2.45, 2.75) is 4.90 Å². The number of pyridine rings is 1. The van der Waals surface area contributed by atoms with Crippen LogP contribution >= 0.6 is 0 Å². The van der Waals surface area contributed by atoms with E-state index < -0.39 is 16.0 Å². The van der Waals surface area contributed by atoms with E-state index in [1.807, 2.05) is 0 Å². The summed E-state index contributed by atoms with van der Waals surface area (Å²) >= 11 is 0. The van der Waals surface area contributed by atoms with Crippen molar-refractivity contribution in [2.24, 2.45) is 0 Å². The Morgan fingerprint density at radius 3 is 2.68 bits per heavy atom. The Morgan fingerprint density at radius 2 is 1.96 bits per heavy atom. The van der Waals surface area contributed by atoms with E-state index in [1.54, 1.807) is 35.1 Å². The first kappa shape index (κ1) is 16.8. The van der Waals surface area contributed by atoms with Gasteiger partial charge in [0.15, 0.2) is 0 Å². The largest absolute Gasteiger partial charge is 0.495 e. The summed E-state index contributed by atoms with van der Waals surface area (Å²) in [6.07, 6.45) is 3.24. The minimum atomic E-state index is -3.98. The highest BCUT2D eigenvalue weighted by atomic mass is 32.2. The molecule has 0 saturated heterocycles. The molecule has 0 atom stereocenters. The number of aromatic nitrogens is 2. The number of benzene rings is 1. The number of esters is 1. The zero-order valence-electron chi connectivity index (χ0n) is 13.5. The Hall–Kier alpha value is -3.07. The first-order valence-corrected chi connectivity index (χ1v) is 8.65. The molecule has 0 radical (unpaired) electrons. The van der Waals surface area contributed by atoms with Crippen LogP contribution in [0.15, 0.2) is 53.7 Å².